The second-order valence-corrected chi connectivity index (χ2v) is 7.26. The summed E-state index contributed by atoms with van der Waals surface area (Å²) in [6.45, 7) is 4.40. The summed E-state index contributed by atoms with van der Waals surface area (Å²) >= 11 is 0. The predicted octanol–water partition coefficient (Wildman–Crippen LogP) is 1.74. The van der Waals surface area contributed by atoms with Crippen molar-refractivity contribution in [2.45, 2.75) is 19.4 Å². The zero-order valence-corrected chi connectivity index (χ0v) is 16.9. The number of morpholine rings is 1. The third kappa shape index (κ3) is 4.88. The van der Waals surface area contributed by atoms with Gasteiger partial charge < -0.3 is 24.6 Å². The van der Waals surface area contributed by atoms with Crippen LogP contribution in [0.1, 0.15) is 18.4 Å². The number of rotatable bonds is 6. The molecule has 2 amide bonds. The van der Waals surface area contributed by atoms with Gasteiger partial charge in [-0.2, -0.15) is 0 Å². The fraction of sp³-hybridized carbons (Fsp3) is 0.409. The molecule has 1 aromatic heterocycles. The number of anilines is 2. The van der Waals surface area contributed by atoms with Gasteiger partial charge in [0.2, 0.25) is 11.8 Å². The van der Waals surface area contributed by atoms with E-state index in [4.69, 9.17) is 9.47 Å². The van der Waals surface area contributed by atoms with Crippen molar-refractivity contribution in [1.82, 2.24) is 10.3 Å². The van der Waals surface area contributed by atoms with Gasteiger partial charge in [-0.25, -0.2) is 4.98 Å². The van der Waals surface area contributed by atoms with Gasteiger partial charge in [-0.1, -0.05) is 12.1 Å². The van der Waals surface area contributed by atoms with Gasteiger partial charge in [-0.05, 0) is 29.8 Å². The third-order valence-electron chi connectivity index (χ3n) is 5.23. The first-order valence-corrected chi connectivity index (χ1v) is 10.3. The van der Waals surface area contributed by atoms with Crippen LogP contribution in [0.4, 0.5) is 11.5 Å². The van der Waals surface area contributed by atoms with Crippen molar-refractivity contribution in [2.75, 3.05) is 49.3 Å². The lowest BCUT2D eigenvalue weighted by Gasteiger charge is -2.29. The summed E-state index contributed by atoms with van der Waals surface area (Å²) in [6, 6.07) is 11.3. The molecule has 8 nitrogen and oxygen atoms in total. The molecular formula is C22H26N4O4. The molecule has 0 aliphatic carbocycles. The van der Waals surface area contributed by atoms with E-state index in [-0.39, 0.29) is 24.7 Å². The van der Waals surface area contributed by atoms with Crippen LogP contribution in [0.15, 0.2) is 42.6 Å². The molecule has 2 aliphatic heterocycles. The molecule has 158 valence electrons. The number of hydrogen-bond donors (Lipinski definition) is 1. The maximum absolute atomic E-state index is 12.6. The molecule has 0 saturated carbocycles. The van der Waals surface area contributed by atoms with Crippen molar-refractivity contribution < 1.29 is 19.1 Å². The number of ether oxygens (including phenoxy) is 2. The summed E-state index contributed by atoms with van der Waals surface area (Å²) in [5.41, 5.74) is 1.75. The largest absolute Gasteiger partial charge is 0.490 e. The molecule has 0 spiro atoms. The third-order valence-corrected chi connectivity index (χ3v) is 5.23. The Balaban J connectivity index is 1.26. The highest BCUT2D eigenvalue weighted by atomic mass is 16.5. The lowest BCUT2D eigenvalue weighted by molar-refractivity contribution is -0.125. The van der Waals surface area contributed by atoms with Crippen LogP contribution in [0, 0.1) is 0 Å². The van der Waals surface area contributed by atoms with Crippen LogP contribution >= 0.6 is 0 Å². The van der Waals surface area contributed by atoms with Gasteiger partial charge in [0.15, 0.2) is 0 Å². The van der Waals surface area contributed by atoms with E-state index in [1.54, 1.807) is 11.1 Å². The zero-order valence-electron chi connectivity index (χ0n) is 16.9. The van der Waals surface area contributed by atoms with Crippen molar-refractivity contribution in [3.05, 3.63) is 48.2 Å². The number of benzene rings is 1. The Morgan fingerprint density at radius 1 is 1.03 bits per heavy atom. The van der Waals surface area contributed by atoms with E-state index in [1.165, 1.54) is 0 Å². The molecule has 8 heteroatoms. The molecule has 0 radical (unpaired) electrons. The van der Waals surface area contributed by atoms with Crippen LogP contribution < -0.4 is 19.9 Å². The average Bonchev–Trinajstić information content (AvgIpc) is 2.81. The van der Waals surface area contributed by atoms with Gasteiger partial charge >= 0.3 is 0 Å². The monoisotopic (exact) mass is 410 g/mol. The van der Waals surface area contributed by atoms with E-state index < -0.39 is 0 Å². The molecule has 30 heavy (non-hydrogen) atoms. The molecule has 2 aliphatic rings. The number of pyridine rings is 1. The van der Waals surface area contributed by atoms with Crippen molar-refractivity contribution in [3.8, 4) is 5.75 Å². The van der Waals surface area contributed by atoms with E-state index in [9.17, 15) is 9.59 Å². The number of aromatic nitrogens is 1. The first kappa shape index (κ1) is 20.2. The fourth-order valence-electron chi connectivity index (χ4n) is 3.61. The maximum Gasteiger partial charge on any atom is 0.227 e. The lowest BCUT2D eigenvalue weighted by atomic mass is 10.2. The van der Waals surface area contributed by atoms with Crippen LogP contribution in [0.5, 0.6) is 5.75 Å². The Kier molecular flexibility index (Phi) is 6.44. The van der Waals surface area contributed by atoms with Crippen LogP contribution in [-0.2, 0) is 20.9 Å². The van der Waals surface area contributed by atoms with Crippen LogP contribution in [0.25, 0.3) is 0 Å². The molecule has 2 aromatic rings. The van der Waals surface area contributed by atoms with Gasteiger partial charge in [0.1, 0.15) is 18.2 Å². The molecule has 1 N–H and O–H groups in total. The SMILES string of the molecule is O=C(CCC(=O)N1CCOc2ccccc21)NCc1ccnc(N2CCOCC2)c1. The maximum atomic E-state index is 12.6. The van der Waals surface area contributed by atoms with E-state index in [0.29, 0.717) is 38.7 Å². The van der Waals surface area contributed by atoms with Gasteiger partial charge in [0.05, 0.1) is 25.4 Å². The lowest BCUT2D eigenvalue weighted by Crippen LogP contribution is -2.38. The Morgan fingerprint density at radius 2 is 1.87 bits per heavy atom. The normalized spacial score (nSPS) is 15.9. The second-order valence-electron chi connectivity index (χ2n) is 7.26. The number of amides is 2. The van der Waals surface area contributed by atoms with Gasteiger partial charge in [-0.15, -0.1) is 0 Å². The summed E-state index contributed by atoms with van der Waals surface area (Å²) in [6.07, 6.45) is 2.07. The minimum absolute atomic E-state index is 0.0700. The highest BCUT2D eigenvalue weighted by Gasteiger charge is 2.23. The van der Waals surface area contributed by atoms with E-state index in [0.717, 1.165) is 30.2 Å². The summed E-state index contributed by atoms with van der Waals surface area (Å²) in [5, 5.41) is 2.90. The smallest absolute Gasteiger partial charge is 0.227 e. The summed E-state index contributed by atoms with van der Waals surface area (Å²) in [4.78, 5) is 33.2. The Morgan fingerprint density at radius 3 is 2.73 bits per heavy atom. The second kappa shape index (κ2) is 9.58. The van der Waals surface area contributed by atoms with Crippen LogP contribution in [-0.4, -0.2) is 56.3 Å². The quantitative estimate of drug-likeness (QED) is 0.781. The highest BCUT2D eigenvalue weighted by molar-refractivity contribution is 5.97. The molecule has 1 aromatic carbocycles. The van der Waals surface area contributed by atoms with Crippen LogP contribution in [0.2, 0.25) is 0 Å². The summed E-state index contributed by atoms with van der Waals surface area (Å²) in [7, 11) is 0. The average molecular weight is 410 g/mol. The Bertz CT molecular complexity index is 898. The molecular weight excluding hydrogens is 384 g/mol. The first-order chi connectivity index (χ1) is 14.7. The zero-order chi connectivity index (χ0) is 20.8. The van der Waals surface area contributed by atoms with E-state index in [1.807, 2.05) is 36.4 Å². The minimum Gasteiger partial charge on any atom is -0.490 e. The number of carbonyl (C=O) groups is 2. The molecule has 1 saturated heterocycles. The van der Waals surface area contributed by atoms with Gasteiger partial charge in [-0.3, -0.25) is 9.59 Å². The molecule has 0 bridgehead atoms. The number of hydrogen-bond acceptors (Lipinski definition) is 6. The number of nitrogens with one attached hydrogen (secondary N) is 1. The number of carbonyl (C=O) groups excluding carboxylic acids is 2. The highest BCUT2D eigenvalue weighted by Crippen LogP contribution is 2.31. The summed E-state index contributed by atoms with van der Waals surface area (Å²) in [5.74, 6) is 1.38. The van der Waals surface area contributed by atoms with E-state index >= 15 is 0 Å². The van der Waals surface area contributed by atoms with Crippen LogP contribution in [0.3, 0.4) is 0 Å². The minimum atomic E-state index is -0.144. The van der Waals surface area contributed by atoms with E-state index in [2.05, 4.69) is 15.2 Å². The topological polar surface area (TPSA) is 84.0 Å². The predicted molar refractivity (Wildman–Crippen MR) is 113 cm³/mol. The van der Waals surface area contributed by atoms with Crippen molar-refractivity contribution in [3.63, 3.8) is 0 Å². The molecule has 4 rings (SSSR count). The molecule has 0 atom stereocenters. The molecule has 0 unspecified atom stereocenters. The van der Waals surface area contributed by atoms with Crippen molar-refractivity contribution in [1.29, 1.82) is 0 Å². The number of para-hydroxylation sites is 2. The Labute approximate surface area is 175 Å². The standard InChI is InChI=1S/C22H26N4O4/c27-21(5-6-22(28)26-11-14-30-19-4-2-1-3-18(19)26)24-16-17-7-8-23-20(15-17)25-9-12-29-13-10-25/h1-4,7-8,15H,5-6,9-14,16H2,(H,24,27). The van der Waals surface area contributed by atoms with Gasteiger partial charge in [0, 0.05) is 38.7 Å². The summed E-state index contributed by atoms with van der Waals surface area (Å²) < 4.78 is 11.0. The molecule has 1 fully saturated rings. The van der Waals surface area contributed by atoms with Crippen molar-refractivity contribution >= 4 is 23.3 Å². The van der Waals surface area contributed by atoms with Crippen molar-refractivity contribution in [2.24, 2.45) is 0 Å². The number of nitrogens with zero attached hydrogens (tertiary/aromatic N) is 3. The fourth-order valence-corrected chi connectivity index (χ4v) is 3.61. The number of fused-ring (bicyclic) bond motifs is 1. The Hall–Kier alpha value is -3.13. The molecule has 3 heterocycles. The first-order valence-electron chi connectivity index (χ1n) is 10.3. The van der Waals surface area contributed by atoms with Gasteiger partial charge in [0.25, 0.3) is 0 Å².